The Hall–Kier alpha value is -3.78. The van der Waals surface area contributed by atoms with Crippen LogP contribution in [0.2, 0.25) is 5.02 Å². The van der Waals surface area contributed by atoms with E-state index in [1.807, 2.05) is 28.2 Å². The van der Waals surface area contributed by atoms with E-state index in [0.29, 0.717) is 23.5 Å². The minimum absolute atomic E-state index is 0.0610. The van der Waals surface area contributed by atoms with Crippen LogP contribution in [0.15, 0.2) is 95.9 Å². The molecule has 0 radical (unpaired) electrons. The zero-order chi connectivity index (χ0) is 30.1. The lowest BCUT2D eigenvalue weighted by atomic mass is 9.83. The van der Waals surface area contributed by atoms with Gasteiger partial charge in [0.1, 0.15) is 11.0 Å². The summed E-state index contributed by atoms with van der Waals surface area (Å²) < 4.78 is 17.3. The summed E-state index contributed by atoms with van der Waals surface area (Å²) >= 11 is 6.27. The number of nitrogens with zero attached hydrogens (tertiary/aromatic N) is 3. The van der Waals surface area contributed by atoms with Crippen LogP contribution < -0.4 is 5.73 Å². The molecular weight excluding hydrogens is 576 g/mol. The van der Waals surface area contributed by atoms with Crippen molar-refractivity contribution in [1.82, 2.24) is 14.1 Å². The third-order valence-corrected chi connectivity index (χ3v) is 10.3. The minimum Gasteiger partial charge on any atom is -0.366 e. The Kier molecular flexibility index (Phi) is 8.48. The number of carbonyl (C=O) groups is 1. The average Bonchev–Trinajstić information content (AvgIpc) is 3.37. The molecule has 220 valence electrons. The summed E-state index contributed by atoms with van der Waals surface area (Å²) in [5.74, 6) is -0.161. The smallest absolute Gasteiger partial charge is 0.248 e. The zero-order valence-corrected chi connectivity index (χ0v) is 25.9. The number of hydrogen-bond acceptors (Lipinski definition) is 3. The van der Waals surface area contributed by atoms with E-state index in [-0.39, 0.29) is 11.8 Å². The van der Waals surface area contributed by atoms with Crippen molar-refractivity contribution in [3.63, 3.8) is 0 Å². The molecule has 1 fully saturated rings. The fourth-order valence-electron chi connectivity index (χ4n) is 6.15. The van der Waals surface area contributed by atoms with Gasteiger partial charge in [-0.3, -0.25) is 9.48 Å². The molecule has 0 spiro atoms. The molecule has 2 atom stereocenters. The van der Waals surface area contributed by atoms with Crippen LogP contribution in [0.5, 0.6) is 0 Å². The normalized spacial score (nSPS) is 15.9. The topological polar surface area (TPSA) is 81.2 Å². The SMILES string of the molecule is CCc1ccc(C(c2ccc(Cl)cc2)c2ccc3c(c2)c(C2CCN(S(=O)c4ccc(C(N)=O)cc4)CC2)nn3C)cc1. The lowest BCUT2D eigenvalue weighted by Gasteiger charge is -2.30. The minimum atomic E-state index is -1.29. The second kappa shape index (κ2) is 12.4. The number of amides is 1. The van der Waals surface area contributed by atoms with Gasteiger partial charge in [0, 0.05) is 47.9 Å². The largest absolute Gasteiger partial charge is 0.366 e. The molecule has 1 amide bonds. The van der Waals surface area contributed by atoms with E-state index < -0.39 is 16.9 Å². The monoisotopic (exact) mass is 610 g/mol. The molecule has 0 aliphatic carbocycles. The third kappa shape index (κ3) is 6.03. The van der Waals surface area contributed by atoms with E-state index in [1.165, 1.54) is 27.6 Å². The van der Waals surface area contributed by atoms with Crippen LogP contribution in [0, 0.1) is 0 Å². The molecule has 1 saturated heterocycles. The van der Waals surface area contributed by atoms with Crippen LogP contribution in [-0.2, 0) is 24.5 Å². The van der Waals surface area contributed by atoms with Gasteiger partial charge in [0.25, 0.3) is 0 Å². The van der Waals surface area contributed by atoms with Gasteiger partial charge in [-0.2, -0.15) is 5.10 Å². The van der Waals surface area contributed by atoms with Gasteiger partial charge in [-0.1, -0.05) is 61.0 Å². The van der Waals surface area contributed by atoms with Gasteiger partial charge in [-0.25, -0.2) is 8.51 Å². The molecule has 0 bridgehead atoms. The summed E-state index contributed by atoms with van der Waals surface area (Å²) in [6.45, 7) is 3.57. The molecule has 4 aromatic carbocycles. The first kappa shape index (κ1) is 29.3. The number of carbonyl (C=O) groups excluding carboxylic acids is 1. The highest BCUT2D eigenvalue weighted by atomic mass is 35.5. The van der Waals surface area contributed by atoms with E-state index in [9.17, 15) is 9.00 Å². The highest BCUT2D eigenvalue weighted by Gasteiger charge is 2.28. The average molecular weight is 611 g/mol. The maximum Gasteiger partial charge on any atom is 0.248 e. The number of fused-ring (bicyclic) bond motifs is 1. The Balaban J connectivity index is 1.29. The highest BCUT2D eigenvalue weighted by molar-refractivity contribution is 7.82. The Bertz CT molecular complexity index is 1770. The van der Waals surface area contributed by atoms with Crippen LogP contribution in [0.25, 0.3) is 10.9 Å². The van der Waals surface area contributed by atoms with Crippen molar-refractivity contribution in [3.8, 4) is 0 Å². The Morgan fingerprint density at radius 1 is 0.930 bits per heavy atom. The fraction of sp³-hybridized carbons (Fsp3) is 0.257. The van der Waals surface area contributed by atoms with Gasteiger partial charge in [0.15, 0.2) is 0 Å². The standard InChI is InChI=1S/C35H35ClN4O2S/c1-3-23-4-6-24(7-5-23)33(25-8-13-29(36)14-9-25)28-12-17-32-31(22-28)34(38-39(32)2)26-18-20-40(21-19-26)43(42)30-15-10-27(11-16-30)35(37)41/h4-17,22,26,33H,3,18-21H2,1-2H3,(H2,37,41). The predicted molar refractivity (Wildman–Crippen MR) is 174 cm³/mol. The number of aromatic nitrogens is 2. The molecule has 0 saturated carbocycles. The number of nitrogens with two attached hydrogens (primary N) is 1. The van der Waals surface area contributed by atoms with Crippen molar-refractivity contribution in [3.05, 3.63) is 130 Å². The quantitative estimate of drug-likeness (QED) is 0.193. The maximum atomic E-state index is 13.3. The van der Waals surface area contributed by atoms with Crippen molar-refractivity contribution in [1.29, 1.82) is 0 Å². The molecule has 1 aliphatic rings. The van der Waals surface area contributed by atoms with E-state index in [0.717, 1.165) is 35.5 Å². The van der Waals surface area contributed by atoms with E-state index >= 15 is 0 Å². The Morgan fingerprint density at radius 2 is 1.53 bits per heavy atom. The molecule has 6 rings (SSSR count). The molecule has 2 N–H and O–H groups in total. The van der Waals surface area contributed by atoms with E-state index in [2.05, 4.69) is 61.5 Å². The van der Waals surface area contributed by atoms with Gasteiger partial charge >= 0.3 is 0 Å². The third-order valence-electron chi connectivity index (χ3n) is 8.58. The lowest BCUT2D eigenvalue weighted by molar-refractivity contribution is 0.1000. The van der Waals surface area contributed by atoms with Crippen molar-refractivity contribution in [2.75, 3.05) is 13.1 Å². The molecule has 1 aromatic heterocycles. The molecule has 8 heteroatoms. The molecule has 2 heterocycles. The zero-order valence-electron chi connectivity index (χ0n) is 24.4. The van der Waals surface area contributed by atoms with Crippen molar-refractivity contribution >= 4 is 39.4 Å². The van der Waals surface area contributed by atoms with Crippen LogP contribution in [-0.4, -0.2) is 37.3 Å². The van der Waals surface area contributed by atoms with E-state index in [4.69, 9.17) is 22.4 Å². The Morgan fingerprint density at radius 3 is 2.14 bits per heavy atom. The number of primary amides is 1. The molecule has 2 unspecified atom stereocenters. The molecule has 1 aliphatic heterocycles. The number of halogens is 1. The van der Waals surface area contributed by atoms with Crippen LogP contribution in [0.4, 0.5) is 0 Å². The maximum absolute atomic E-state index is 13.3. The van der Waals surface area contributed by atoms with Crippen molar-refractivity contribution < 1.29 is 9.00 Å². The van der Waals surface area contributed by atoms with Crippen LogP contribution in [0.3, 0.4) is 0 Å². The first-order chi connectivity index (χ1) is 20.8. The fourth-order valence-corrected chi connectivity index (χ4v) is 7.49. The molecule has 6 nitrogen and oxygen atoms in total. The van der Waals surface area contributed by atoms with Crippen molar-refractivity contribution in [2.24, 2.45) is 12.8 Å². The number of piperidine rings is 1. The highest BCUT2D eigenvalue weighted by Crippen LogP contribution is 2.38. The first-order valence-corrected chi connectivity index (χ1v) is 16.2. The van der Waals surface area contributed by atoms with Crippen LogP contribution >= 0.6 is 11.6 Å². The summed E-state index contributed by atoms with van der Waals surface area (Å²) in [6.07, 6.45) is 2.73. The van der Waals surface area contributed by atoms with Gasteiger partial charge in [0.2, 0.25) is 5.91 Å². The predicted octanol–water partition coefficient (Wildman–Crippen LogP) is 6.97. The lowest BCUT2D eigenvalue weighted by Crippen LogP contribution is -2.34. The second-order valence-corrected chi connectivity index (χ2v) is 13.1. The Labute approximate surface area is 260 Å². The second-order valence-electron chi connectivity index (χ2n) is 11.2. The van der Waals surface area contributed by atoms with Crippen LogP contribution in [0.1, 0.15) is 69.9 Å². The van der Waals surface area contributed by atoms with Crippen molar-refractivity contribution in [2.45, 2.75) is 42.9 Å². The number of aryl methyl sites for hydroxylation is 2. The van der Waals surface area contributed by atoms with Gasteiger partial charge < -0.3 is 5.73 Å². The van der Waals surface area contributed by atoms with Gasteiger partial charge in [0.05, 0.1) is 16.1 Å². The summed E-state index contributed by atoms with van der Waals surface area (Å²) in [5.41, 5.74) is 12.9. The summed E-state index contributed by atoms with van der Waals surface area (Å²) in [7, 11) is 0.711. The number of hydrogen-bond donors (Lipinski definition) is 1. The van der Waals surface area contributed by atoms with Gasteiger partial charge in [-0.15, -0.1) is 0 Å². The van der Waals surface area contributed by atoms with E-state index in [1.54, 1.807) is 24.3 Å². The first-order valence-electron chi connectivity index (χ1n) is 14.7. The van der Waals surface area contributed by atoms with Gasteiger partial charge in [-0.05, 0) is 90.0 Å². The summed E-state index contributed by atoms with van der Waals surface area (Å²) in [4.78, 5) is 12.1. The summed E-state index contributed by atoms with van der Waals surface area (Å²) in [5, 5.41) is 6.91. The molecule has 43 heavy (non-hydrogen) atoms. The molecule has 5 aromatic rings. The number of benzene rings is 4. The molecular formula is C35H35ClN4O2S. The summed E-state index contributed by atoms with van der Waals surface area (Å²) in [6, 6.07) is 30.5. The number of rotatable bonds is 8.